The molecule has 1 aliphatic carbocycles. The molecule has 0 bridgehead atoms. The third-order valence-corrected chi connectivity index (χ3v) is 3.75. The molecule has 0 aromatic heterocycles. The summed E-state index contributed by atoms with van der Waals surface area (Å²) in [5.41, 5.74) is -1.62. The summed E-state index contributed by atoms with van der Waals surface area (Å²) in [5.74, 6) is 0. The van der Waals surface area contributed by atoms with Crippen LogP contribution in [0.3, 0.4) is 0 Å². The van der Waals surface area contributed by atoms with Crippen molar-refractivity contribution < 1.29 is 28.0 Å². The first kappa shape index (κ1) is 18.2. The van der Waals surface area contributed by atoms with Crippen LogP contribution in [-0.2, 0) is 14.9 Å². The van der Waals surface area contributed by atoms with E-state index in [0.717, 1.165) is 5.56 Å². The molecule has 1 aromatic carbocycles. The largest absolute Gasteiger partial charge is 0.382 e. The van der Waals surface area contributed by atoms with Gasteiger partial charge in [0.2, 0.25) is 0 Å². The second kappa shape index (κ2) is 6.53. The molecule has 0 aliphatic heterocycles. The number of aliphatic hydroxyl groups is 2. The minimum atomic E-state index is -4.02. The van der Waals surface area contributed by atoms with Crippen molar-refractivity contribution in [1.29, 1.82) is 0 Å². The average Bonchev–Trinajstić information content (AvgIpc) is 2.43. The quantitative estimate of drug-likeness (QED) is 0.425. The zero-order valence-corrected chi connectivity index (χ0v) is 13.0. The molecule has 1 aliphatic rings. The number of aryl methyl sites for hydroxylation is 1. The van der Waals surface area contributed by atoms with Crippen molar-refractivity contribution in [2.75, 3.05) is 0 Å². The van der Waals surface area contributed by atoms with Gasteiger partial charge in [-0.2, -0.15) is 8.42 Å². The summed E-state index contributed by atoms with van der Waals surface area (Å²) in [6, 6.07) is 5.99. The minimum absolute atomic E-state index is 0.0666. The van der Waals surface area contributed by atoms with Gasteiger partial charge in [0.15, 0.2) is 11.9 Å². The van der Waals surface area contributed by atoms with Crippen molar-refractivity contribution in [3.8, 4) is 0 Å². The molecule has 120 valence electrons. The maximum absolute atomic E-state index is 10.5. The van der Waals surface area contributed by atoms with E-state index in [-0.39, 0.29) is 4.90 Å². The first-order chi connectivity index (χ1) is 9.97. The summed E-state index contributed by atoms with van der Waals surface area (Å²) in [6.07, 6.45) is 5.69. The van der Waals surface area contributed by atoms with E-state index >= 15 is 0 Å². The highest BCUT2D eigenvalue weighted by molar-refractivity contribution is 7.85. The van der Waals surface area contributed by atoms with Crippen molar-refractivity contribution in [2.45, 2.75) is 29.9 Å². The molecule has 0 fully saturated rings. The van der Waals surface area contributed by atoms with Crippen LogP contribution in [-0.4, -0.2) is 40.7 Å². The summed E-state index contributed by atoms with van der Waals surface area (Å²) in [6.45, 7) is 3.40. The van der Waals surface area contributed by atoms with Gasteiger partial charge in [-0.15, -0.1) is 0 Å². The second-order valence-electron chi connectivity index (χ2n) is 5.19. The predicted molar refractivity (Wildman–Crippen MR) is 80.9 cm³/mol. The van der Waals surface area contributed by atoms with Crippen LogP contribution >= 0.6 is 0 Å². The van der Waals surface area contributed by atoms with Crippen molar-refractivity contribution in [3.05, 3.63) is 54.1 Å². The fourth-order valence-corrected chi connectivity index (χ4v) is 1.98. The molecule has 0 atom stereocenters. The first-order valence-electron chi connectivity index (χ1n) is 6.33. The summed E-state index contributed by atoms with van der Waals surface area (Å²) < 4.78 is 29.6. The zero-order chi connectivity index (χ0) is 17.0. The SMILES string of the molecule is CC1(O)C=CC(O)(C=O)C=C1.Cc1ccc(S(=O)(=O)O)cc1. The molecule has 0 saturated carbocycles. The van der Waals surface area contributed by atoms with E-state index in [4.69, 9.17) is 4.55 Å². The number of aldehydes is 1. The van der Waals surface area contributed by atoms with Crippen LogP contribution in [0.25, 0.3) is 0 Å². The number of hydrogen-bond acceptors (Lipinski definition) is 5. The van der Waals surface area contributed by atoms with Crippen LogP contribution in [0.2, 0.25) is 0 Å². The fraction of sp³-hybridized carbons (Fsp3) is 0.267. The third-order valence-electron chi connectivity index (χ3n) is 2.88. The van der Waals surface area contributed by atoms with Crippen molar-refractivity contribution in [1.82, 2.24) is 0 Å². The molecule has 1 aromatic rings. The molecule has 0 heterocycles. The van der Waals surface area contributed by atoms with Gasteiger partial charge in [0.05, 0.1) is 10.5 Å². The maximum Gasteiger partial charge on any atom is 0.294 e. The van der Waals surface area contributed by atoms with E-state index in [0.29, 0.717) is 6.29 Å². The molecule has 0 unspecified atom stereocenters. The third kappa shape index (κ3) is 5.53. The molecule has 6 nitrogen and oxygen atoms in total. The van der Waals surface area contributed by atoms with Crippen molar-refractivity contribution >= 4 is 16.4 Å². The lowest BCUT2D eigenvalue weighted by atomic mass is 9.92. The van der Waals surface area contributed by atoms with Gasteiger partial charge in [-0.25, -0.2) is 0 Å². The Bertz CT molecular complexity index is 667. The van der Waals surface area contributed by atoms with Gasteiger partial charge in [0, 0.05) is 0 Å². The summed E-state index contributed by atoms with van der Waals surface area (Å²) in [5, 5.41) is 18.6. The van der Waals surface area contributed by atoms with Gasteiger partial charge in [-0.3, -0.25) is 9.35 Å². The Morgan fingerprint density at radius 2 is 1.45 bits per heavy atom. The zero-order valence-electron chi connectivity index (χ0n) is 12.2. The van der Waals surface area contributed by atoms with Crippen molar-refractivity contribution in [2.24, 2.45) is 0 Å². The van der Waals surface area contributed by atoms with Crippen LogP contribution in [0.15, 0.2) is 53.5 Å². The number of hydrogen-bond donors (Lipinski definition) is 3. The highest BCUT2D eigenvalue weighted by atomic mass is 32.2. The van der Waals surface area contributed by atoms with Crippen LogP contribution in [0.1, 0.15) is 12.5 Å². The van der Waals surface area contributed by atoms with Crippen molar-refractivity contribution in [3.63, 3.8) is 0 Å². The Hall–Kier alpha value is -1.80. The van der Waals surface area contributed by atoms with Gasteiger partial charge in [0.25, 0.3) is 10.1 Å². The predicted octanol–water partition coefficient (Wildman–Crippen LogP) is 1.04. The molecular formula is C15H18O6S. The van der Waals surface area contributed by atoms with Gasteiger partial charge in [-0.05, 0) is 50.3 Å². The number of rotatable bonds is 2. The van der Waals surface area contributed by atoms with E-state index in [2.05, 4.69) is 0 Å². The van der Waals surface area contributed by atoms with E-state index in [1.54, 1.807) is 19.1 Å². The molecule has 0 amide bonds. The lowest BCUT2D eigenvalue weighted by Gasteiger charge is -2.23. The van der Waals surface area contributed by atoms with Gasteiger partial charge >= 0.3 is 0 Å². The normalized spacial score (nSPS) is 27.0. The van der Waals surface area contributed by atoms with E-state index < -0.39 is 21.3 Å². The van der Waals surface area contributed by atoms with Gasteiger partial charge in [0.1, 0.15) is 0 Å². The Kier molecular flexibility index (Phi) is 5.42. The average molecular weight is 326 g/mol. The summed E-state index contributed by atoms with van der Waals surface area (Å²) >= 11 is 0. The molecule has 7 heteroatoms. The highest BCUT2D eigenvalue weighted by Gasteiger charge is 2.26. The Morgan fingerprint density at radius 3 is 1.82 bits per heavy atom. The molecule has 3 N–H and O–H groups in total. The highest BCUT2D eigenvalue weighted by Crippen LogP contribution is 2.19. The Morgan fingerprint density at radius 1 is 1.00 bits per heavy atom. The molecule has 0 radical (unpaired) electrons. The monoisotopic (exact) mass is 326 g/mol. The second-order valence-corrected chi connectivity index (χ2v) is 6.61. The molecule has 0 spiro atoms. The molecule has 22 heavy (non-hydrogen) atoms. The Labute approximate surface area is 129 Å². The van der Waals surface area contributed by atoms with Crippen LogP contribution < -0.4 is 0 Å². The minimum Gasteiger partial charge on any atom is -0.382 e. The fourth-order valence-electron chi connectivity index (χ4n) is 1.50. The van der Waals surface area contributed by atoms with Crippen LogP contribution in [0, 0.1) is 6.92 Å². The van der Waals surface area contributed by atoms with E-state index in [9.17, 15) is 23.4 Å². The van der Waals surface area contributed by atoms with E-state index in [1.165, 1.54) is 36.4 Å². The molecule has 2 rings (SSSR count). The lowest BCUT2D eigenvalue weighted by Crippen LogP contribution is -2.32. The smallest absolute Gasteiger partial charge is 0.294 e. The topological polar surface area (TPSA) is 112 Å². The summed E-state index contributed by atoms with van der Waals surface area (Å²) in [4.78, 5) is 10.2. The standard InChI is InChI=1S/C8H10O3.C7H8O3S/c1-7(10)2-4-8(11,6-9)5-3-7;1-6-2-4-7(5-3-6)11(8,9)10/h2-6,10-11H,1H3;2-5H,1H3,(H,8,9,10). The lowest BCUT2D eigenvalue weighted by molar-refractivity contribution is -0.117. The van der Waals surface area contributed by atoms with Gasteiger partial charge < -0.3 is 10.2 Å². The number of carbonyl (C=O) groups is 1. The summed E-state index contributed by atoms with van der Waals surface area (Å²) in [7, 11) is -4.02. The maximum atomic E-state index is 10.5. The first-order valence-corrected chi connectivity index (χ1v) is 7.77. The molecular weight excluding hydrogens is 308 g/mol. The number of benzene rings is 1. The molecule has 0 saturated heterocycles. The van der Waals surface area contributed by atoms with Gasteiger partial charge in [-0.1, -0.05) is 17.7 Å². The number of carbonyl (C=O) groups excluding carboxylic acids is 1. The van der Waals surface area contributed by atoms with Crippen LogP contribution in [0.4, 0.5) is 0 Å². The Balaban J connectivity index is 0.000000220. The van der Waals surface area contributed by atoms with E-state index in [1.807, 2.05) is 6.92 Å². The van der Waals surface area contributed by atoms with Crippen LogP contribution in [0.5, 0.6) is 0 Å².